The van der Waals surface area contributed by atoms with E-state index in [1.54, 1.807) is 6.20 Å². The fourth-order valence-corrected chi connectivity index (χ4v) is 6.29. The SMILES string of the molecule is CCCCCCCCCCCCCCCCCCOCC(COP(=O)([O-])OCCc1[nH+]ccs1)OC(=O)C1CNCCO1. The molecule has 2 rings (SSSR count). The van der Waals surface area contributed by atoms with Gasteiger partial charge in [-0.05, 0) is 6.42 Å². The standard InChI is InChI=1S/C31H57N2O8PS/c1-2-3-4-5-6-7-8-9-10-11-12-13-14-15-16-17-21-37-26-28(41-31(34)29-25-32-19-23-38-29)27-40-42(35,36)39-22-18-30-33-20-24-43-30/h20,24,28-29,32H,2-19,21-23,25-27H2,1H3,(H,35,36). The number of rotatable bonds is 28. The van der Waals surface area contributed by atoms with Crippen LogP contribution in [0.4, 0.5) is 0 Å². The summed E-state index contributed by atoms with van der Waals surface area (Å²) in [4.78, 5) is 27.8. The van der Waals surface area contributed by atoms with Gasteiger partial charge in [0.25, 0.3) is 7.82 Å². The van der Waals surface area contributed by atoms with E-state index in [1.165, 1.54) is 101 Å². The molecule has 2 heterocycles. The Morgan fingerprint density at radius 1 is 0.977 bits per heavy atom. The normalized spacial score (nSPS) is 17.5. The molecule has 1 aromatic heterocycles. The molecule has 43 heavy (non-hydrogen) atoms. The number of aromatic nitrogens is 1. The number of hydrogen-bond donors (Lipinski definition) is 1. The molecule has 1 aliphatic rings. The number of nitrogens with one attached hydrogen (secondary N) is 2. The quantitative estimate of drug-likeness (QED) is 0.0682. The van der Waals surface area contributed by atoms with Gasteiger partial charge in [-0.25, -0.2) is 9.78 Å². The lowest BCUT2D eigenvalue weighted by atomic mass is 10.0. The van der Waals surface area contributed by atoms with Gasteiger partial charge in [-0.1, -0.05) is 115 Å². The Labute approximate surface area is 263 Å². The third-order valence-electron chi connectivity index (χ3n) is 7.44. The molecular weight excluding hydrogens is 591 g/mol. The van der Waals surface area contributed by atoms with E-state index >= 15 is 0 Å². The molecule has 1 aliphatic heterocycles. The smallest absolute Gasteiger partial charge is 0.337 e. The third kappa shape index (κ3) is 20.7. The second kappa shape index (κ2) is 25.3. The van der Waals surface area contributed by atoms with E-state index in [0.717, 1.165) is 17.8 Å². The summed E-state index contributed by atoms with van der Waals surface area (Å²) in [7, 11) is -4.57. The van der Waals surface area contributed by atoms with Crippen LogP contribution in [0.3, 0.4) is 0 Å². The number of morpholine rings is 1. The summed E-state index contributed by atoms with van der Waals surface area (Å²) in [5.74, 6) is -0.568. The van der Waals surface area contributed by atoms with Gasteiger partial charge in [0.05, 0.1) is 38.2 Å². The van der Waals surface area contributed by atoms with Crippen molar-refractivity contribution >= 4 is 25.1 Å². The summed E-state index contributed by atoms with van der Waals surface area (Å²) in [6.07, 6.45) is 21.4. The van der Waals surface area contributed by atoms with Crippen molar-refractivity contribution in [2.45, 2.75) is 128 Å². The van der Waals surface area contributed by atoms with Gasteiger partial charge in [0.2, 0.25) is 5.01 Å². The van der Waals surface area contributed by atoms with Crippen molar-refractivity contribution in [1.29, 1.82) is 0 Å². The van der Waals surface area contributed by atoms with Gasteiger partial charge in [-0.2, -0.15) is 0 Å². The molecule has 0 spiro atoms. The highest BCUT2D eigenvalue weighted by atomic mass is 32.1. The Kier molecular flexibility index (Phi) is 22.5. The minimum Gasteiger partial charge on any atom is -0.756 e. The molecule has 1 aromatic rings. The molecule has 12 heteroatoms. The van der Waals surface area contributed by atoms with Crippen LogP contribution in [0.5, 0.6) is 0 Å². The third-order valence-corrected chi connectivity index (χ3v) is 9.28. The first-order valence-electron chi connectivity index (χ1n) is 16.6. The number of carbonyl (C=O) groups is 1. The molecule has 3 unspecified atom stereocenters. The van der Waals surface area contributed by atoms with Gasteiger partial charge in [0.15, 0.2) is 12.3 Å². The topological polar surface area (TPSA) is 130 Å². The first-order valence-corrected chi connectivity index (χ1v) is 19.0. The molecule has 10 nitrogen and oxygen atoms in total. The molecular formula is C31H57N2O8PS. The second-order valence-corrected chi connectivity index (χ2v) is 13.7. The molecule has 0 saturated carbocycles. The average Bonchev–Trinajstić information content (AvgIpc) is 3.53. The van der Waals surface area contributed by atoms with E-state index < -0.39 is 26.0 Å². The van der Waals surface area contributed by atoms with Crippen molar-refractivity contribution < 1.29 is 42.5 Å². The molecule has 250 valence electrons. The Bertz CT molecular complexity index is 842. The molecule has 0 aromatic carbocycles. The average molecular weight is 649 g/mol. The van der Waals surface area contributed by atoms with Gasteiger partial charge in [-0.15, -0.1) is 0 Å². The number of aromatic amines is 1. The minimum absolute atomic E-state index is 0.0365. The first-order chi connectivity index (χ1) is 21.0. The number of carbonyl (C=O) groups excluding carboxylic acids is 1. The maximum atomic E-state index is 12.5. The zero-order valence-electron chi connectivity index (χ0n) is 26.4. The lowest BCUT2D eigenvalue weighted by Gasteiger charge is -2.27. The number of H-pyrrole nitrogens is 1. The van der Waals surface area contributed by atoms with Gasteiger partial charge in [-0.3, -0.25) is 4.57 Å². The lowest BCUT2D eigenvalue weighted by Crippen LogP contribution is -2.45. The second-order valence-electron chi connectivity index (χ2n) is 11.3. The van der Waals surface area contributed by atoms with Crippen molar-refractivity contribution in [3.8, 4) is 0 Å². The number of unbranched alkanes of at least 4 members (excludes halogenated alkanes) is 15. The largest absolute Gasteiger partial charge is 0.756 e. The van der Waals surface area contributed by atoms with Gasteiger partial charge < -0.3 is 33.5 Å². The zero-order chi connectivity index (χ0) is 30.9. The highest BCUT2D eigenvalue weighted by Crippen LogP contribution is 2.38. The van der Waals surface area contributed by atoms with E-state index in [-0.39, 0.29) is 19.8 Å². The molecule has 1 fully saturated rings. The molecule has 0 amide bonds. The first kappa shape index (κ1) is 38.3. The Hall–Kier alpha value is -0.910. The Morgan fingerprint density at radius 3 is 2.16 bits per heavy atom. The fourth-order valence-electron chi connectivity index (χ4n) is 4.91. The van der Waals surface area contributed by atoms with Crippen molar-refractivity contribution in [1.82, 2.24) is 5.32 Å². The van der Waals surface area contributed by atoms with E-state index in [4.69, 9.17) is 23.3 Å². The number of phosphoric ester groups is 1. The summed E-state index contributed by atoms with van der Waals surface area (Å²) in [6.45, 7) is 3.81. The van der Waals surface area contributed by atoms with Crippen LogP contribution in [0.15, 0.2) is 11.6 Å². The zero-order valence-corrected chi connectivity index (χ0v) is 28.1. The molecule has 0 bridgehead atoms. The van der Waals surface area contributed by atoms with E-state index in [1.807, 2.05) is 5.38 Å². The van der Waals surface area contributed by atoms with E-state index in [0.29, 0.717) is 32.7 Å². The number of phosphoric acid groups is 1. The minimum atomic E-state index is -4.57. The summed E-state index contributed by atoms with van der Waals surface area (Å²) in [5.41, 5.74) is 0. The van der Waals surface area contributed by atoms with Gasteiger partial charge in [0.1, 0.15) is 6.10 Å². The summed E-state index contributed by atoms with van der Waals surface area (Å²) in [6, 6.07) is 0. The summed E-state index contributed by atoms with van der Waals surface area (Å²) in [5, 5.41) is 5.85. The van der Waals surface area contributed by atoms with Crippen LogP contribution in [0.1, 0.15) is 115 Å². The van der Waals surface area contributed by atoms with Crippen LogP contribution in [0, 0.1) is 0 Å². The molecule has 3 atom stereocenters. The summed E-state index contributed by atoms with van der Waals surface area (Å²) < 4.78 is 39.0. The predicted octanol–water partition coefficient (Wildman–Crippen LogP) is 5.78. The van der Waals surface area contributed by atoms with Crippen LogP contribution >= 0.6 is 19.2 Å². The van der Waals surface area contributed by atoms with Crippen molar-refractivity contribution in [3.05, 3.63) is 16.6 Å². The fraction of sp³-hybridized carbons (Fsp3) is 0.871. The van der Waals surface area contributed by atoms with Crippen LogP contribution < -0.4 is 15.2 Å². The molecule has 2 N–H and O–H groups in total. The summed E-state index contributed by atoms with van der Waals surface area (Å²) >= 11 is 1.48. The Balaban J connectivity index is 1.53. The van der Waals surface area contributed by atoms with Gasteiger partial charge in [0, 0.05) is 19.7 Å². The predicted molar refractivity (Wildman–Crippen MR) is 167 cm³/mol. The maximum Gasteiger partial charge on any atom is 0.337 e. The lowest BCUT2D eigenvalue weighted by molar-refractivity contribution is -0.382. The molecule has 0 radical (unpaired) electrons. The highest BCUT2D eigenvalue weighted by molar-refractivity contribution is 7.45. The number of hydrogen-bond acceptors (Lipinski definition) is 10. The number of esters is 1. The number of ether oxygens (including phenoxy) is 3. The highest BCUT2D eigenvalue weighted by Gasteiger charge is 2.27. The van der Waals surface area contributed by atoms with E-state index in [2.05, 4.69) is 17.2 Å². The van der Waals surface area contributed by atoms with Gasteiger partial charge >= 0.3 is 5.97 Å². The maximum absolute atomic E-state index is 12.5. The Morgan fingerprint density at radius 2 is 1.60 bits per heavy atom. The van der Waals surface area contributed by atoms with Crippen LogP contribution in [-0.4, -0.2) is 64.3 Å². The number of thiazole rings is 1. The van der Waals surface area contributed by atoms with Crippen molar-refractivity contribution in [2.24, 2.45) is 0 Å². The van der Waals surface area contributed by atoms with Crippen molar-refractivity contribution in [3.63, 3.8) is 0 Å². The molecule has 0 aliphatic carbocycles. The van der Waals surface area contributed by atoms with Crippen molar-refractivity contribution in [2.75, 3.05) is 46.1 Å². The monoisotopic (exact) mass is 648 g/mol. The van der Waals surface area contributed by atoms with Crippen LogP contribution in [0.2, 0.25) is 0 Å². The van der Waals surface area contributed by atoms with E-state index in [9.17, 15) is 14.3 Å². The van der Waals surface area contributed by atoms with Crippen LogP contribution in [-0.2, 0) is 39.0 Å². The van der Waals surface area contributed by atoms with Crippen LogP contribution in [0.25, 0.3) is 0 Å². The molecule has 1 saturated heterocycles.